The van der Waals surface area contributed by atoms with E-state index in [0.717, 1.165) is 12.3 Å². The minimum atomic E-state index is -2.67. The minimum absolute atomic E-state index is 0.0560. The maximum Gasteiger partial charge on any atom is 0.265 e. The largest absolute Gasteiger partial charge is 0.397 e. The molecule has 3 nitrogen and oxygen atoms in total. The Morgan fingerprint density at radius 2 is 2.25 bits per heavy atom. The van der Waals surface area contributed by atoms with Crippen molar-refractivity contribution >= 4 is 5.69 Å². The Hall–Kier alpha value is -1.70. The highest BCUT2D eigenvalue weighted by Crippen LogP contribution is 2.24. The van der Waals surface area contributed by atoms with Crippen molar-refractivity contribution in [2.45, 2.75) is 6.43 Å². The Morgan fingerprint density at radius 3 is 2.75 bits per heavy atom. The summed E-state index contributed by atoms with van der Waals surface area (Å²) in [5.74, 6) is 0. The second-order valence-corrected chi connectivity index (χ2v) is 2.11. The van der Waals surface area contributed by atoms with E-state index in [2.05, 4.69) is 4.98 Å². The van der Waals surface area contributed by atoms with Crippen molar-refractivity contribution < 1.29 is 8.78 Å². The van der Waals surface area contributed by atoms with Crippen LogP contribution < -0.4 is 5.73 Å². The summed E-state index contributed by atoms with van der Waals surface area (Å²) in [7, 11) is 0. The lowest BCUT2D eigenvalue weighted by atomic mass is 10.2. The van der Waals surface area contributed by atoms with E-state index >= 15 is 0 Å². The van der Waals surface area contributed by atoms with E-state index < -0.39 is 6.43 Å². The number of pyridine rings is 1. The standard InChI is InChI=1S/C7H5F2N3/c8-7(9)5-1-4(2-10)12-3-6(5)11/h1,3,7H,11H2. The molecule has 0 aliphatic carbocycles. The number of nitrogens with zero attached hydrogens (tertiary/aromatic N) is 2. The molecular formula is C7H5F2N3. The van der Waals surface area contributed by atoms with E-state index in [9.17, 15) is 8.78 Å². The minimum Gasteiger partial charge on any atom is -0.397 e. The number of aromatic nitrogens is 1. The van der Waals surface area contributed by atoms with E-state index in [1.54, 1.807) is 6.07 Å². The summed E-state index contributed by atoms with van der Waals surface area (Å²) in [4.78, 5) is 3.52. The van der Waals surface area contributed by atoms with Gasteiger partial charge in [0.25, 0.3) is 6.43 Å². The summed E-state index contributed by atoms with van der Waals surface area (Å²) in [5.41, 5.74) is 4.70. The zero-order valence-corrected chi connectivity index (χ0v) is 5.96. The maximum absolute atomic E-state index is 12.1. The number of alkyl halides is 2. The lowest BCUT2D eigenvalue weighted by Gasteiger charge is -2.02. The Morgan fingerprint density at radius 1 is 1.58 bits per heavy atom. The van der Waals surface area contributed by atoms with Crippen LogP contribution >= 0.6 is 0 Å². The molecule has 5 heteroatoms. The molecule has 0 amide bonds. The van der Waals surface area contributed by atoms with Gasteiger partial charge in [0, 0.05) is 5.56 Å². The van der Waals surface area contributed by atoms with Crippen LogP contribution in [-0.4, -0.2) is 4.98 Å². The van der Waals surface area contributed by atoms with Crippen LogP contribution in [0.25, 0.3) is 0 Å². The zero-order chi connectivity index (χ0) is 9.14. The molecule has 0 spiro atoms. The normalized spacial score (nSPS) is 9.83. The predicted molar refractivity (Wildman–Crippen MR) is 38.3 cm³/mol. The van der Waals surface area contributed by atoms with Crippen LogP contribution in [0.4, 0.5) is 14.5 Å². The number of halogens is 2. The highest BCUT2D eigenvalue weighted by atomic mass is 19.3. The summed E-state index contributed by atoms with van der Waals surface area (Å²) in [5, 5.41) is 8.34. The van der Waals surface area contributed by atoms with E-state index in [0.29, 0.717) is 0 Å². The lowest BCUT2D eigenvalue weighted by molar-refractivity contribution is 0.152. The molecule has 0 saturated carbocycles. The molecule has 0 unspecified atom stereocenters. The second kappa shape index (κ2) is 3.13. The van der Waals surface area contributed by atoms with Crippen molar-refractivity contribution in [3.63, 3.8) is 0 Å². The summed E-state index contributed by atoms with van der Waals surface area (Å²) in [6.45, 7) is 0. The first-order chi connectivity index (χ1) is 5.65. The molecule has 12 heavy (non-hydrogen) atoms. The van der Waals surface area contributed by atoms with Gasteiger partial charge in [0.05, 0.1) is 11.9 Å². The quantitative estimate of drug-likeness (QED) is 0.692. The van der Waals surface area contributed by atoms with Crippen molar-refractivity contribution in [3.8, 4) is 6.07 Å². The van der Waals surface area contributed by atoms with Crippen molar-refractivity contribution in [2.24, 2.45) is 0 Å². The molecule has 0 saturated heterocycles. The zero-order valence-electron chi connectivity index (χ0n) is 5.96. The first-order valence-corrected chi connectivity index (χ1v) is 3.09. The van der Waals surface area contributed by atoms with E-state index in [4.69, 9.17) is 11.0 Å². The number of hydrogen-bond acceptors (Lipinski definition) is 3. The molecule has 0 aromatic carbocycles. The molecule has 0 aliphatic rings. The van der Waals surface area contributed by atoms with E-state index in [1.165, 1.54) is 0 Å². The molecule has 1 aromatic rings. The van der Waals surface area contributed by atoms with Gasteiger partial charge >= 0.3 is 0 Å². The molecule has 1 heterocycles. The Bertz CT molecular complexity index is 330. The number of rotatable bonds is 1. The first kappa shape index (κ1) is 8.40. The van der Waals surface area contributed by atoms with Gasteiger partial charge < -0.3 is 5.73 Å². The van der Waals surface area contributed by atoms with Crippen molar-refractivity contribution in [2.75, 3.05) is 5.73 Å². The van der Waals surface area contributed by atoms with Crippen molar-refractivity contribution in [1.29, 1.82) is 5.26 Å². The molecule has 1 rings (SSSR count). The Balaban J connectivity index is 3.19. The molecular weight excluding hydrogens is 164 g/mol. The summed E-state index contributed by atoms with van der Waals surface area (Å²) in [6, 6.07) is 2.64. The highest BCUT2D eigenvalue weighted by molar-refractivity contribution is 5.47. The molecule has 1 aromatic heterocycles. The number of nitriles is 1. The van der Waals surface area contributed by atoms with Gasteiger partial charge in [-0.25, -0.2) is 13.8 Å². The molecule has 0 fully saturated rings. The molecule has 62 valence electrons. The van der Waals surface area contributed by atoms with Crippen molar-refractivity contribution in [1.82, 2.24) is 4.98 Å². The van der Waals surface area contributed by atoms with Gasteiger partial charge in [-0.05, 0) is 6.07 Å². The van der Waals surface area contributed by atoms with Crippen LogP contribution in [0.15, 0.2) is 12.3 Å². The lowest BCUT2D eigenvalue weighted by Crippen LogP contribution is -1.97. The Kier molecular flexibility index (Phi) is 2.19. The smallest absolute Gasteiger partial charge is 0.265 e. The van der Waals surface area contributed by atoms with Gasteiger partial charge in [0.1, 0.15) is 11.8 Å². The third kappa shape index (κ3) is 1.48. The average Bonchev–Trinajstić information content (AvgIpc) is 2.05. The molecule has 2 N–H and O–H groups in total. The van der Waals surface area contributed by atoms with Crippen LogP contribution in [-0.2, 0) is 0 Å². The van der Waals surface area contributed by atoms with Gasteiger partial charge in [-0.15, -0.1) is 0 Å². The first-order valence-electron chi connectivity index (χ1n) is 3.09. The number of hydrogen-bond donors (Lipinski definition) is 1. The van der Waals surface area contributed by atoms with Gasteiger partial charge in [0.2, 0.25) is 0 Å². The second-order valence-electron chi connectivity index (χ2n) is 2.11. The monoisotopic (exact) mass is 169 g/mol. The third-order valence-electron chi connectivity index (χ3n) is 1.32. The van der Waals surface area contributed by atoms with Crippen LogP contribution in [0, 0.1) is 11.3 Å². The van der Waals surface area contributed by atoms with Gasteiger partial charge in [0.15, 0.2) is 0 Å². The third-order valence-corrected chi connectivity index (χ3v) is 1.32. The van der Waals surface area contributed by atoms with Crippen LogP contribution in [0.3, 0.4) is 0 Å². The average molecular weight is 169 g/mol. The molecule has 0 aliphatic heterocycles. The van der Waals surface area contributed by atoms with Crippen LogP contribution in [0.1, 0.15) is 17.7 Å². The van der Waals surface area contributed by atoms with Crippen LogP contribution in [0.5, 0.6) is 0 Å². The van der Waals surface area contributed by atoms with Crippen molar-refractivity contribution in [3.05, 3.63) is 23.5 Å². The van der Waals surface area contributed by atoms with Crippen LogP contribution in [0.2, 0.25) is 0 Å². The van der Waals surface area contributed by atoms with E-state index in [1.807, 2.05) is 0 Å². The fourth-order valence-corrected chi connectivity index (χ4v) is 0.732. The fraction of sp³-hybridized carbons (Fsp3) is 0.143. The molecule has 0 radical (unpaired) electrons. The predicted octanol–water partition coefficient (Wildman–Crippen LogP) is 1.47. The summed E-state index contributed by atoms with van der Waals surface area (Å²) < 4.78 is 24.3. The fourth-order valence-electron chi connectivity index (χ4n) is 0.732. The molecule has 0 atom stereocenters. The van der Waals surface area contributed by atoms with E-state index in [-0.39, 0.29) is 16.9 Å². The van der Waals surface area contributed by atoms with Gasteiger partial charge in [-0.1, -0.05) is 0 Å². The topological polar surface area (TPSA) is 62.7 Å². The number of nitrogens with two attached hydrogens (primary N) is 1. The maximum atomic E-state index is 12.1. The number of anilines is 1. The highest BCUT2D eigenvalue weighted by Gasteiger charge is 2.11. The molecule has 0 bridgehead atoms. The Labute approximate surface area is 67.4 Å². The van der Waals surface area contributed by atoms with Gasteiger partial charge in [-0.3, -0.25) is 0 Å². The SMILES string of the molecule is N#Cc1cc(C(F)F)c(N)cn1. The summed E-state index contributed by atoms with van der Waals surface area (Å²) in [6.07, 6.45) is -1.61. The summed E-state index contributed by atoms with van der Waals surface area (Å²) >= 11 is 0. The van der Waals surface area contributed by atoms with Gasteiger partial charge in [-0.2, -0.15) is 5.26 Å². The number of nitrogen functional groups attached to an aromatic ring is 1.